The van der Waals surface area contributed by atoms with Gasteiger partial charge >= 0.3 is 0 Å². The van der Waals surface area contributed by atoms with Gasteiger partial charge in [-0.3, -0.25) is 4.98 Å². The van der Waals surface area contributed by atoms with Crippen LogP contribution in [0.1, 0.15) is 55.6 Å². The van der Waals surface area contributed by atoms with Gasteiger partial charge in [-0.25, -0.2) is 0 Å². The monoisotopic (exact) mass is 414 g/mol. The Hall–Kier alpha value is -2.60. The van der Waals surface area contributed by atoms with Crippen molar-refractivity contribution in [1.29, 1.82) is 0 Å². The van der Waals surface area contributed by atoms with Gasteiger partial charge in [0.15, 0.2) is 5.82 Å². The third kappa shape index (κ3) is 3.37. The number of H-pyrrole nitrogens is 1. The van der Waals surface area contributed by atoms with Gasteiger partial charge in [-0.1, -0.05) is 41.6 Å². The maximum absolute atomic E-state index is 4.81. The van der Waals surface area contributed by atoms with Gasteiger partial charge in [0.1, 0.15) is 5.41 Å². The predicted molar refractivity (Wildman–Crippen MR) is 118 cm³/mol. The van der Waals surface area contributed by atoms with Crippen molar-refractivity contribution in [2.24, 2.45) is 17.8 Å². The van der Waals surface area contributed by atoms with Crippen LogP contribution in [-0.4, -0.2) is 49.6 Å². The van der Waals surface area contributed by atoms with Crippen molar-refractivity contribution >= 4 is 0 Å². The number of aromatic amines is 1. The smallest absolute Gasteiger partial charge is 0.191 e. The van der Waals surface area contributed by atoms with Crippen LogP contribution in [0.2, 0.25) is 0 Å². The lowest BCUT2D eigenvalue weighted by Crippen LogP contribution is -2.42. The molecule has 0 amide bonds. The molecular formula is C25H30N6. The number of nitrogens with zero attached hydrogens (tertiary/aromatic N) is 5. The van der Waals surface area contributed by atoms with Crippen LogP contribution in [0.15, 0.2) is 54.7 Å². The Labute approximate surface area is 183 Å². The molecule has 4 bridgehead atoms. The minimum atomic E-state index is -0.515. The van der Waals surface area contributed by atoms with E-state index in [2.05, 4.69) is 68.0 Å². The summed E-state index contributed by atoms with van der Waals surface area (Å²) < 4.78 is 0. The molecule has 0 spiro atoms. The molecule has 1 aromatic carbocycles. The highest BCUT2D eigenvalue weighted by molar-refractivity contribution is 5.42. The van der Waals surface area contributed by atoms with E-state index in [4.69, 9.17) is 4.98 Å². The van der Waals surface area contributed by atoms with Crippen LogP contribution < -0.4 is 0 Å². The zero-order valence-electron chi connectivity index (χ0n) is 17.9. The first-order valence-electron chi connectivity index (χ1n) is 11.8. The Morgan fingerprint density at radius 1 is 0.903 bits per heavy atom. The zero-order valence-corrected chi connectivity index (χ0v) is 17.9. The normalized spacial score (nSPS) is 29.5. The molecule has 2 saturated heterocycles. The average molecular weight is 415 g/mol. The Morgan fingerprint density at radius 3 is 2.39 bits per heavy atom. The summed E-state index contributed by atoms with van der Waals surface area (Å²) in [5, 5.41) is 15.6. The molecule has 160 valence electrons. The van der Waals surface area contributed by atoms with E-state index in [1.807, 2.05) is 12.3 Å². The van der Waals surface area contributed by atoms with Crippen LogP contribution in [-0.2, 0) is 5.41 Å². The molecule has 6 nitrogen and oxygen atoms in total. The summed E-state index contributed by atoms with van der Waals surface area (Å²) in [5.74, 6) is 3.50. The van der Waals surface area contributed by atoms with E-state index in [9.17, 15) is 0 Å². The molecule has 4 fully saturated rings. The molecule has 2 aliphatic heterocycles. The van der Waals surface area contributed by atoms with Crippen molar-refractivity contribution in [2.75, 3.05) is 13.1 Å². The van der Waals surface area contributed by atoms with Crippen LogP contribution in [0.4, 0.5) is 0 Å². The predicted octanol–water partition coefficient (Wildman–Crippen LogP) is 3.83. The summed E-state index contributed by atoms with van der Waals surface area (Å²) >= 11 is 0. The zero-order chi connectivity index (χ0) is 20.7. The first-order valence-corrected chi connectivity index (χ1v) is 11.8. The molecule has 4 heterocycles. The van der Waals surface area contributed by atoms with E-state index in [0.717, 1.165) is 42.5 Å². The maximum Gasteiger partial charge on any atom is 0.191 e. The molecule has 6 heteroatoms. The number of hydrogen-bond acceptors (Lipinski definition) is 5. The van der Waals surface area contributed by atoms with Gasteiger partial charge in [-0.15, -0.1) is 10.2 Å². The van der Waals surface area contributed by atoms with Gasteiger partial charge in [0.05, 0.1) is 5.69 Å². The largest absolute Gasteiger partial charge is 0.300 e. The Bertz CT molecular complexity index is 936. The van der Waals surface area contributed by atoms with Crippen LogP contribution in [0.5, 0.6) is 0 Å². The second-order valence-corrected chi connectivity index (χ2v) is 9.90. The minimum Gasteiger partial charge on any atom is -0.300 e. The molecule has 31 heavy (non-hydrogen) atoms. The van der Waals surface area contributed by atoms with Crippen LogP contribution in [0.3, 0.4) is 0 Å². The minimum absolute atomic E-state index is 0.515. The van der Waals surface area contributed by atoms with Gasteiger partial charge in [0, 0.05) is 25.3 Å². The number of rotatable bonds is 6. The number of tetrazole rings is 1. The Kier molecular flexibility index (Phi) is 4.82. The second-order valence-electron chi connectivity index (χ2n) is 9.90. The van der Waals surface area contributed by atoms with E-state index >= 15 is 0 Å². The number of aromatic nitrogens is 5. The topological polar surface area (TPSA) is 70.6 Å². The standard InChI is InChI=1S/C25H30N6/c1-2-6-21(7-3-1)25(24-27-29-30-28-24,23-8-4-5-10-26-23)9-11-31-17-20-13-18-12-19(14-20)16-22(31)15-18/h1-8,10,18-20,22H,9,11-17H2,(H,27,28,29,30). The number of nitrogens with one attached hydrogen (secondary N) is 1. The molecule has 2 aliphatic carbocycles. The summed E-state index contributed by atoms with van der Waals surface area (Å²) in [4.78, 5) is 7.61. The van der Waals surface area contributed by atoms with Crippen LogP contribution in [0, 0.1) is 17.8 Å². The quantitative estimate of drug-likeness (QED) is 0.664. The highest BCUT2D eigenvalue weighted by Gasteiger charge is 2.45. The summed E-state index contributed by atoms with van der Waals surface area (Å²) in [6.07, 6.45) is 9.91. The molecule has 3 aromatic rings. The first-order chi connectivity index (χ1) is 15.3. The van der Waals surface area contributed by atoms with Gasteiger partial charge in [-0.2, -0.15) is 5.21 Å². The van der Waals surface area contributed by atoms with Crippen LogP contribution in [0.25, 0.3) is 0 Å². The Balaban J connectivity index is 1.39. The van der Waals surface area contributed by atoms with Gasteiger partial charge < -0.3 is 4.90 Å². The Morgan fingerprint density at radius 2 is 1.68 bits per heavy atom. The van der Waals surface area contributed by atoms with Crippen molar-refractivity contribution in [3.63, 3.8) is 0 Å². The van der Waals surface area contributed by atoms with Crippen molar-refractivity contribution in [3.8, 4) is 0 Å². The van der Waals surface area contributed by atoms with Crippen LogP contribution >= 0.6 is 0 Å². The first kappa shape index (κ1) is 19.1. The molecule has 1 N–H and O–H groups in total. The van der Waals surface area contributed by atoms with Crippen molar-refractivity contribution in [2.45, 2.75) is 50.0 Å². The second kappa shape index (κ2) is 7.83. The van der Waals surface area contributed by atoms with Crippen molar-refractivity contribution in [1.82, 2.24) is 30.5 Å². The van der Waals surface area contributed by atoms with Gasteiger partial charge in [-0.05, 0) is 74.0 Å². The number of fused-ring (bicyclic) bond motifs is 1. The van der Waals surface area contributed by atoms with Gasteiger partial charge in [0.2, 0.25) is 0 Å². The van der Waals surface area contributed by atoms with Gasteiger partial charge in [0.25, 0.3) is 0 Å². The number of hydrogen-bond donors (Lipinski definition) is 1. The molecule has 4 aliphatic rings. The van der Waals surface area contributed by atoms with E-state index < -0.39 is 5.41 Å². The number of benzene rings is 1. The van der Waals surface area contributed by atoms with Crippen molar-refractivity contribution < 1.29 is 0 Å². The summed E-state index contributed by atoms with van der Waals surface area (Å²) in [6, 6.07) is 17.5. The number of pyridine rings is 1. The maximum atomic E-state index is 4.81. The van der Waals surface area contributed by atoms with E-state index in [0.29, 0.717) is 5.82 Å². The summed E-state index contributed by atoms with van der Waals surface area (Å²) in [6.45, 7) is 2.28. The van der Waals surface area contributed by atoms with Crippen molar-refractivity contribution in [3.05, 3.63) is 71.8 Å². The molecular weight excluding hydrogens is 384 g/mol. The SMILES string of the molecule is c1ccc(C(CCN2CC3CC4CC(C3)CC2C4)(c2ccccn2)c2nn[nH]n2)cc1. The molecule has 7 rings (SSSR count). The molecule has 2 saturated carbocycles. The molecule has 2 aromatic heterocycles. The fraction of sp³-hybridized carbons (Fsp3) is 0.520. The fourth-order valence-corrected chi connectivity index (χ4v) is 6.92. The fourth-order valence-electron chi connectivity index (χ4n) is 6.92. The van der Waals surface area contributed by atoms with E-state index in [1.165, 1.54) is 44.2 Å². The lowest BCUT2D eigenvalue weighted by atomic mass is 9.68. The lowest BCUT2D eigenvalue weighted by Gasteiger charge is -2.40. The summed E-state index contributed by atoms with van der Waals surface area (Å²) in [5.41, 5.74) is 1.65. The van der Waals surface area contributed by atoms with E-state index in [1.54, 1.807) is 0 Å². The third-order valence-electron chi connectivity index (χ3n) is 8.09. The molecule has 3 unspecified atom stereocenters. The highest BCUT2D eigenvalue weighted by Crippen LogP contribution is 2.48. The summed E-state index contributed by atoms with van der Waals surface area (Å²) in [7, 11) is 0. The molecule has 3 atom stereocenters. The van der Waals surface area contributed by atoms with E-state index in [-0.39, 0.29) is 0 Å². The molecule has 0 radical (unpaired) electrons. The highest BCUT2D eigenvalue weighted by atomic mass is 15.5. The average Bonchev–Trinajstić information content (AvgIpc) is 3.28. The third-order valence-corrected chi connectivity index (χ3v) is 8.09. The lowest BCUT2D eigenvalue weighted by molar-refractivity contribution is 0.122.